The van der Waals surface area contributed by atoms with Crippen molar-refractivity contribution in [2.45, 2.75) is 6.92 Å². The van der Waals surface area contributed by atoms with Crippen LogP contribution in [-0.4, -0.2) is 27.0 Å². The number of aryl methyl sites for hydroxylation is 1. The molecule has 0 saturated carbocycles. The summed E-state index contributed by atoms with van der Waals surface area (Å²) in [5, 5.41) is 2.74. The number of aromatic nitrogens is 2. The molecule has 5 nitrogen and oxygen atoms in total. The molecule has 1 aromatic heterocycles. The van der Waals surface area contributed by atoms with Gasteiger partial charge in [-0.25, -0.2) is 4.98 Å². The van der Waals surface area contributed by atoms with Crippen molar-refractivity contribution in [3.05, 3.63) is 18.2 Å². The van der Waals surface area contributed by atoms with E-state index in [0.29, 0.717) is 17.2 Å². The molecule has 0 fully saturated rings. The number of rotatable bonds is 4. The molecule has 15 heavy (non-hydrogen) atoms. The van der Waals surface area contributed by atoms with Gasteiger partial charge in [-0.3, -0.25) is 4.79 Å². The molecule has 0 spiro atoms. The second-order valence-electron chi connectivity index (χ2n) is 3.40. The molecule has 0 aliphatic rings. The number of thiocarbonyl (C=S) groups is 1. The molecule has 0 aliphatic heterocycles. The number of nitrogens with one attached hydrogen (secondary N) is 1. The molecule has 0 radical (unpaired) electrons. The smallest absolute Gasteiger partial charge is 0.269 e. The molecule has 6 heteroatoms. The Kier molecular flexibility index (Phi) is 3.79. The fourth-order valence-electron chi connectivity index (χ4n) is 1.01. The predicted molar refractivity (Wildman–Crippen MR) is 61.5 cm³/mol. The molecule has 82 valence electrons. The third-order valence-electron chi connectivity index (χ3n) is 2.10. The first-order chi connectivity index (χ1) is 7.02. The van der Waals surface area contributed by atoms with Crippen molar-refractivity contribution in [2.24, 2.45) is 18.7 Å². The maximum Gasteiger partial charge on any atom is 0.269 e. The van der Waals surface area contributed by atoms with Crippen LogP contribution in [0.3, 0.4) is 0 Å². The second-order valence-corrected chi connectivity index (χ2v) is 3.87. The summed E-state index contributed by atoms with van der Waals surface area (Å²) in [6.07, 6.45) is 3.09. The third-order valence-corrected chi connectivity index (χ3v) is 2.51. The van der Waals surface area contributed by atoms with Gasteiger partial charge in [0.15, 0.2) is 0 Å². The highest BCUT2D eigenvalue weighted by molar-refractivity contribution is 7.80. The molecule has 3 N–H and O–H groups in total. The van der Waals surface area contributed by atoms with Crippen molar-refractivity contribution in [3.63, 3.8) is 0 Å². The zero-order valence-corrected chi connectivity index (χ0v) is 9.54. The lowest BCUT2D eigenvalue weighted by atomic mass is 10.2. The van der Waals surface area contributed by atoms with E-state index in [2.05, 4.69) is 10.3 Å². The van der Waals surface area contributed by atoms with Gasteiger partial charge in [-0.2, -0.15) is 0 Å². The van der Waals surface area contributed by atoms with Crippen LogP contribution in [0.1, 0.15) is 17.4 Å². The average molecular weight is 226 g/mol. The quantitative estimate of drug-likeness (QED) is 0.713. The second kappa shape index (κ2) is 4.88. The number of nitrogens with two attached hydrogens (primary N) is 1. The fraction of sp³-hybridized carbons (Fsp3) is 0.444. The zero-order valence-electron chi connectivity index (χ0n) is 8.73. The number of imidazole rings is 1. The monoisotopic (exact) mass is 226 g/mol. The summed E-state index contributed by atoms with van der Waals surface area (Å²) in [6, 6.07) is 0. The van der Waals surface area contributed by atoms with Crippen LogP contribution >= 0.6 is 12.2 Å². The van der Waals surface area contributed by atoms with Crippen LogP contribution in [-0.2, 0) is 7.05 Å². The van der Waals surface area contributed by atoms with Crippen LogP contribution in [0.25, 0.3) is 0 Å². The van der Waals surface area contributed by atoms with Gasteiger partial charge in [0.2, 0.25) is 0 Å². The van der Waals surface area contributed by atoms with Crippen molar-refractivity contribution in [1.29, 1.82) is 0 Å². The van der Waals surface area contributed by atoms with E-state index in [1.165, 1.54) is 6.20 Å². The SMILES string of the molecule is CC(CNC(=O)c1cncn1C)C(N)=S. The van der Waals surface area contributed by atoms with Gasteiger partial charge in [0.25, 0.3) is 5.91 Å². The number of hydrogen-bond acceptors (Lipinski definition) is 3. The van der Waals surface area contributed by atoms with Crippen LogP contribution in [0.5, 0.6) is 0 Å². The summed E-state index contributed by atoms with van der Waals surface area (Å²) in [4.78, 5) is 15.9. The number of nitrogens with zero attached hydrogens (tertiary/aromatic N) is 2. The Bertz CT molecular complexity index is 374. The van der Waals surface area contributed by atoms with E-state index in [4.69, 9.17) is 18.0 Å². The normalized spacial score (nSPS) is 12.1. The van der Waals surface area contributed by atoms with E-state index in [1.807, 2.05) is 6.92 Å². The van der Waals surface area contributed by atoms with Gasteiger partial charge < -0.3 is 15.6 Å². The van der Waals surface area contributed by atoms with Crippen molar-refractivity contribution in [2.75, 3.05) is 6.54 Å². The molecule has 1 aromatic rings. The van der Waals surface area contributed by atoms with Crippen LogP contribution < -0.4 is 11.1 Å². The molecule has 1 unspecified atom stereocenters. The van der Waals surface area contributed by atoms with E-state index < -0.39 is 0 Å². The minimum Gasteiger partial charge on any atom is -0.393 e. The van der Waals surface area contributed by atoms with Gasteiger partial charge in [0.1, 0.15) is 5.69 Å². The van der Waals surface area contributed by atoms with Gasteiger partial charge >= 0.3 is 0 Å². The summed E-state index contributed by atoms with van der Waals surface area (Å²) < 4.78 is 1.65. The highest BCUT2D eigenvalue weighted by Crippen LogP contribution is 1.97. The Morgan fingerprint density at radius 1 is 1.80 bits per heavy atom. The maximum absolute atomic E-state index is 11.6. The first-order valence-electron chi connectivity index (χ1n) is 4.56. The third kappa shape index (κ3) is 3.02. The molecular formula is C9H14N4OS. The Labute approximate surface area is 93.7 Å². The number of hydrogen-bond donors (Lipinski definition) is 2. The maximum atomic E-state index is 11.6. The van der Waals surface area contributed by atoms with Crippen LogP contribution in [0.2, 0.25) is 0 Å². The van der Waals surface area contributed by atoms with Crippen molar-refractivity contribution < 1.29 is 4.79 Å². The van der Waals surface area contributed by atoms with Gasteiger partial charge in [-0.05, 0) is 0 Å². The molecule has 0 bridgehead atoms. The van der Waals surface area contributed by atoms with E-state index in [1.54, 1.807) is 17.9 Å². The van der Waals surface area contributed by atoms with Crippen LogP contribution in [0, 0.1) is 5.92 Å². The zero-order chi connectivity index (χ0) is 11.4. The molecule has 1 atom stereocenters. The summed E-state index contributed by atoms with van der Waals surface area (Å²) in [5.74, 6) is -0.171. The van der Waals surface area contributed by atoms with Crippen LogP contribution in [0.4, 0.5) is 0 Å². The van der Waals surface area contributed by atoms with Crippen LogP contribution in [0.15, 0.2) is 12.5 Å². The Morgan fingerprint density at radius 2 is 2.47 bits per heavy atom. The molecule has 0 saturated heterocycles. The Hall–Kier alpha value is -1.43. The van der Waals surface area contributed by atoms with Crippen molar-refractivity contribution >= 4 is 23.1 Å². The van der Waals surface area contributed by atoms with Gasteiger partial charge in [0, 0.05) is 19.5 Å². The van der Waals surface area contributed by atoms with E-state index in [0.717, 1.165) is 0 Å². The predicted octanol–water partition coefficient (Wildman–Crippen LogP) is 0.0721. The number of carbonyl (C=O) groups excluding carboxylic acids is 1. The standard InChI is InChI=1S/C9H14N4OS/c1-6(8(10)15)3-12-9(14)7-4-11-5-13(7)2/h4-6H,3H2,1-2H3,(H2,10,15)(H,12,14). The molecule has 1 amide bonds. The summed E-state index contributed by atoms with van der Waals surface area (Å²) in [7, 11) is 1.76. The summed E-state index contributed by atoms with van der Waals surface area (Å²) in [5.41, 5.74) is 5.95. The Morgan fingerprint density at radius 3 is 2.93 bits per heavy atom. The van der Waals surface area contributed by atoms with E-state index in [9.17, 15) is 4.79 Å². The van der Waals surface area contributed by atoms with Crippen molar-refractivity contribution in [3.8, 4) is 0 Å². The minimum absolute atomic E-state index is 0.00261. The first kappa shape index (κ1) is 11.6. The molecule has 1 rings (SSSR count). The summed E-state index contributed by atoms with van der Waals surface area (Å²) in [6.45, 7) is 2.31. The number of carbonyl (C=O) groups is 1. The van der Waals surface area contributed by atoms with Gasteiger partial charge in [-0.15, -0.1) is 0 Å². The average Bonchev–Trinajstić information content (AvgIpc) is 2.60. The van der Waals surface area contributed by atoms with Crippen molar-refractivity contribution in [1.82, 2.24) is 14.9 Å². The summed E-state index contributed by atoms with van der Waals surface area (Å²) >= 11 is 4.80. The fourth-order valence-corrected chi connectivity index (χ4v) is 1.10. The molecule has 0 aromatic carbocycles. The minimum atomic E-state index is -0.168. The lowest BCUT2D eigenvalue weighted by molar-refractivity contribution is 0.0943. The van der Waals surface area contributed by atoms with E-state index in [-0.39, 0.29) is 11.8 Å². The lowest BCUT2D eigenvalue weighted by Crippen LogP contribution is -2.34. The number of amides is 1. The lowest BCUT2D eigenvalue weighted by Gasteiger charge is -2.10. The van der Waals surface area contributed by atoms with E-state index >= 15 is 0 Å². The largest absolute Gasteiger partial charge is 0.393 e. The first-order valence-corrected chi connectivity index (χ1v) is 4.97. The molecular weight excluding hydrogens is 212 g/mol. The Balaban J connectivity index is 2.51. The van der Waals surface area contributed by atoms with Gasteiger partial charge in [-0.1, -0.05) is 19.1 Å². The molecule has 1 heterocycles. The highest BCUT2D eigenvalue weighted by atomic mass is 32.1. The highest BCUT2D eigenvalue weighted by Gasteiger charge is 2.11. The molecule has 0 aliphatic carbocycles. The van der Waals surface area contributed by atoms with Gasteiger partial charge in [0.05, 0.1) is 17.5 Å². The topological polar surface area (TPSA) is 72.9 Å².